The number of ether oxygens (including phenoxy) is 3. The molecule has 0 saturated carbocycles. The van der Waals surface area contributed by atoms with E-state index in [2.05, 4.69) is 9.72 Å². The van der Waals surface area contributed by atoms with Crippen LogP contribution in [-0.4, -0.2) is 36.9 Å². The van der Waals surface area contributed by atoms with Gasteiger partial charge in [0.05, 0.1) is 14.2 Å². The van der Waals surface area contributed by atoms with E-state index < -0.39 is 5.97 Å². The van der Waals surface area contributed by atoms with Gasteiger partial charge in [-0.05, 0) is 6.07 Å². The number of carbonyl (C=O) groups excluding carboxylic acids is 1. The second-order valence-corrected chi connectivity index (χ2v) is 2.54. The van der Waals surface area contributed by atoms with Crippen molar-refractivity contribution in [2.45, 2.75) is 0 Å². The van der Waals surface area contributed by atoms with Crippen LogP contribution in [0.5, 0.6) is 17.5 Å². The van der Waals surface area contributed by atoms with Gasteiger partial charge in [-0.3, -0.25) is 0 Å². The molecule has 0 spiro atoms. The first-order valence-corrected chi connectivity index (χ1v) is 4.11. The number of methoxy groups -OCH3 is 2. The largest absolute Gasteiger partial charge is 0.503 e. The van der Waals surface area contributed by atoms with E-state index in [0.717, 1.165) is 0 Å². The summed E-state index contributed by atoms with van der Waals surface area (Å²) < 4.78 is 14.1. The smallest absolute Gasteiger partial charge is 0.343 e. The average Bonchev–Trinajstić information content (AvgIpc) is 2.27. The summed E-state index contributed by atoms with van der Waals surface area (Å²) in [6.07, 6.45) is 0. The van der Waals surface area contributed by atoms with Gasteiger partial charge in [-0.2, -0.15) is 4.98 Å². The van der Waals surface area contributed by atoms with E-state index >= 15 is 0 Å². The van der Waals surface area contributed by atoms with Gasteiger partial charge in [0.2, 0.25) is 5.88 Å². The van der Waals surface area contributed by atoms with Crippen molar-refractivity contribution in [3.63, 3.8) is 0 Å². The van der Waals surface area contributed by atoms with Crippen molar-refractivity contribution in [1.82, 2.24) is 4.98 Å². The summed E-state index contributed by atoms with van der Waals surface area (Å²) in [6.45, 7) is -0.315. The predicted molar refractivity (Wildman–Crippen MR) is 50.0 cm³/mol. The van der Waals surface area contributed by atoms with Gasteiger partial charge < -0.3 is 19.3 Å². The Hall–Kier alpha value is -1.98. The lowest BCUT2D eigenvalue weighted by molar-refractivity contribution is -0.143. The standard InChI is InChI=1S/C9H11NO5/c1-13-7-4-3-6(11)9(10-7)15-5-8(12)14-2/h3-4,11H,5H2,1-2H3. The van der Waals surface area contributed by atoms with Crippen molar-refractivity contribution in [1.29, 1.82) is 0 Å². The summed E-state index contributed by atoms with van der Waals surface area (Å²) in [4.78, 5) is 14.6. The number of rotatable bonds is 4. The van der Waals surface area contributed by atoms with Crippen LogP contribution < -0.4 is 9.47 Å². The SMILES string of the molecule is COC(=O)COc1nc(OC)ccc1O. The number of aromatic nitrogens is 1. The third-order valence-corrected chi connectivity index (χ3v) is 1.58. The fourth-order valence-electron chi connectivity index (χ4n) is 0.822. The number of pyridine rings is 1. The normalized spacial score (nSPS) is 9.47. The topological polar surface area (TPSA) is 77.9 Å². The minimum absolute atomic E-state index is 0.0697. The molecular weight excluding hydrogens is 202 g/mol. The highest BCUT2D eigenvalue weighted by Crippen LogP contribution is 2.25. The zero-order valence-electron chi connectivity index (χ0n) is 8.39. The maximum absolute atomic E-state index is 10.8. The average molecular weight is 213 g/mol. The number of hydrogen-bond donors (Lipinski definition) is 1. The van der Waals surface area contributed by atoms with E-state index in [4.69, 9.17) is 9.47 Å². The van der Waals surface area contributed by atoms with E-state index in [-0.39, 0.29) is 24.1 Å². The molecule has 15 heavy (non-hydrogen) atoms. The molecule has 0 fully saturated rings. The zero-order valence-corrected chi connectivity index (χ0v) is 8.39. The van der Waals surface area contributed by atoms with Crippen LogP contribution in [0.1, 0.15) is 0 Å². The number of carbonyl (C=O) groups is 1. The molecule has 0 aromatic carbocycles. The molecule has 0 unspecified atom stereocenters. The van der Waals surface area contributed by atoms with E-state index in [1.807, 2.05) is 0 Å². The number of aromatic hydroxyl groups is 1. The van der Waals surface area contributed by atoms with Crippen molar-refractivity contribution in [3.8, 4) is 17.5 Å². The highest BCUT2D eigenvalue weighted by molar-refractivity contribution is 5.70. The summed E-state index contributed by atoms with van der Waals surface area (Å²) >= 11 is 0. The van der Waals surface area contributed by atoms with E-state index in [1.54, 1.807) is 0 Å². The van der Waals surface area contributed by atoms with Gasteiger partial charge in [0, 0.05) is 6.07 Å². The maximum Gasteiger partial charge on any atom is 0.343 e. The van der Waals surface area contributed by atoms with Crippen molar-refractivity contribution in [3.05, 3.63) is 12.1 Å². The molecule has 6 heteroatoms. The van der Waals surface area contributed by atoms with Crippen LogP contribution in [0, 0.1) is 0 Å². The summed E-state index contributed by atoms with van der Waals surface area (Å²) in [6, 6.07) is 2.83. The van der Waals surface area contributed by atoms with Gasteiger partial charge in [-0.15, -0.1) is 0 Å². The number of nitrogens with zero attached hydrogens (tertiary/aromatic N) is 1. The Morgan fingerprint density at radius 1 is 1.47 bits per heavy atom. The molecule has 0 amide bonds. The molecule has 0 aliphatic carbocycles. The van der Waals surface area contributed by atoms with Crippen LogP contribution in [0.25, 0.3) is 0 Å². The minimum atomic E-state index is -0.556. The molecule has 82 valence electrons. The van der Waals surface area contributed by atoms with Crippen molar-refractivity contribution >= 4 is 5.97 Å². The van der Waals surface area contributed by atoms with Crippen LogP contribution >= 0.6 is 0 Å². The van der Waals surface area contributed by atoms with E-state index in [0.29, 0.717) is 0 Å². The van der Waals surface area contributed by atoms with E-state index in [9.17, 15) is 9.90 Å². The third-order valence-electron chi connectivity index (χ3n) is 1.58. The molecular formula is C9H11NO5. The first-order chi connectivity index (χ1) is 7.17. The molecule has 0 bridgehead atoms. The molecule has 0 saturated heterocycles. The molecule has 0 atom stereocenters. The van der Waals surface area contributed by atoms with Crippen LogP contribution in [0.3, 0.4) is 0 Å². The summed E-state index contributed by atoms with van der Waals surface area (Å²) in [5, 5.41) is 9.32. The summed E-state index contributed by atoms with van der Waals surface area (Å²) in [5.74, 6) is -0.508. The number of esters is 1. The Balaban J connectivity index is 2.70. The lowest BCUT2D eigenvalue weighted by Gasteiger charge is -2.06. The Bertz CT molecular complexity index is 352. The molecule has 0 aliphatic heterocycles. The van der Waals surface area contributed by atoms with E-state index in [1.165, 1.54) is 26.4 Å². The summed E-state index contributed by atoms with van der Waals surface area (Å²) in [7, 11) is 2.67. The maximum atomic E-state index is 10.8. The second kappa shape index (κ2) is 5.04. The summed E-state index contributed by atoms with van der Waals surface area (Å²) in [5.41, 5.74) is 0. The Morgan fingerprint density at radius 2 is 2.20 bits per heavy atom. The third kappa shape index (κ3) is 3.01. The highest BCUT2D eigenvalue weighted by atomic mass is 16.6. The van der Waals surface area contributed by atoms with Gasteiger partial charge in [0.15, 0.2) is 12.4 Å². The minimum Gasteiger partial charge on any atom is -0.503 e. The van der Waals surface area contributed by atoms with Crippen molar-refractivity contribution < 1.29 is 24.1 Å². The predicted octanol–water partition coefficient (Wildman–Crippen LogP) is 0.348. The fraction of sp³-hybridized carbons (Fsp3) is 0.333. The molecule has 1 rings (SSSR count). The van der Waals surface area contributed by atoms with Crippen molar-refractivity contribution in [2.24, 2.45) is 0 Å². The molecule has 1 N–H and O–H groups in total. The van der Waals surface area contributed by atoms with Crippen molar-refractivity contribution in [2.75, 3.05) is 20.8 Å². The monoisotopic (exact) mass is 213 g/mol. The number of hydrogen-bond acceptors (Lipinski definition) is 6. The molecule has 0 radical (unpaired) electrons. The quantitative estimate of drug-likeness (QED) is 0.727. The first kappa shape index (κ1) is 11.1. The second-order valence-electron chi connectivity index (χ2n) is 2.54. The van der Waals surface area contributed by atoms with Crippen LogP contribution in [0.4, 0.5) is 0 Å². The lowest BCUT2D eigenvalue weighted by atomic mass is 10.4. The molecule has 0 aliphatic rings. The van der Waals surface area contributed by atoms with Crippen LogP contribution in [-0.2, 0) is 9.53 Å². The Morgan fingerprint density at radius 3 is 2.80 bits per heavy atom. The molecule has 1 aromatic heterocycles. The zero-order chi connectivity index (χ0) is 11.3. The Labute approximate surface area is 86.4 Å². The molecule has 6 nitrogen and oxygen atoms in total. The van der Waals surface area contributed by atoms with Gasteiger partial charge in [0.25, 0.3) is 5.88 Å². The lowest BCUT2D eigenvalue weighted by Crippen LogP contribution is -2.13. The first-order valence-electron chi connectivity index (χ1n) is 4.11. The van der Waals surface area contributed by atoms with Gasteiger partial charge in [-0.25, -0.2) is 4.79 Å². The molecule has 1 aromatic rings. The Kier molecular flexibility index (Phi) is 3.73. The van der Waals surface area contributed by atoms with Gasteiger partial charge in [-0.1, -0.05) is 0 Å². The van der Waals surface area contributed by atoms with Gasteiger partial charge in [0.1, 0.15) is 0 Å². The fourth-order valence-corrected chi connectivity index (χ4v) is 0.822. The highest BCUT2D eigenvalue weighted by Gasteiger charge is 2.09. The van der Waals surface area contributed by atoms with Gasteiger partial charge >= 0.3 is 5.97 Å². The van der Waals surface area contributed by atoms with Crippen LogP contribution in [0.2, 0.25) is 0 Å². The van der Waals surface area contributed by atoms with Crippen LogP contribution in [0.15, 0.2) is 12.1 Å². The molecule has 1 heterocycles.